The van der Waals surface area contributed by atoms with Crippen LogP contribution in [-0.2, 0) is 43.2 Å². The van der Waals surface area contributed by atoms with Gasteiger partial charge in [0.1, 0.15) is 36.0 Å². The number of fused-ring (bicyclic) bond motifs is 15. The molecule has 3 aliphatic rings. The normalized spacial score (nSPS) is 21.8. The molecule has 0 unspecified atom stereocenters. The summed E-state index contributed by atoms with van der Waals surface area (Å²) in [5.74, 6) is -1.69. The molecule has 5 N–H and O–H groups in total. The number of aromatic nitrogens is 1. The molecule has 12 heteroatoms. The maximum atomic E-state index is 13.6. The van der Waals surface area contributed by atoms with Gasteiger partial charge in [0.15, 0.2) is 0 Å². The van der Waals surface area contributed by atoms with E-state index in [2.05, 4.69) is 31.6 Å². The van der Waals surface area contributed by atoms with Crippen molar-refractivity contribution in [3.05, 3.63) is 95.8 Å². The van der Waals surface area contributed by atoms with Crippen LogP contribution in [0, 0.1) is 0 Å². The second-order valence-electron chi connectivity index (χ2n) is 12.0. The van der Waals surface area contributed by atoms with Crippen LogP contribution in [0.4, 0.5) is 0 Å². The molecule has 3 atom stereocenters. The Hall–Kier alpha value is -5.26. The number of hydrogen-bond donors (Lipinski definition) is 5. The van der Waals surface area contributed by atoms with Gasteiger partial charge in [0.2, 0.25) is 29.5 Å². The Morgan fingerprint density at radius 2 is 1.66 bits per heavy atom. The molecule has 5 amide bonds. The van der Waals surface area contributed by atoms with Gasteiger partial charge in [-0.3, -0.25) is 29.0 Å². The zero-order valence-corrected chi connectivity index (χ0v) is 26.3. The van der Waals surface area contributed by atoms with Crippen LogP contribution in [0.5, 0.6) is 5.75 Å². The number of nitrogens with one attached hydrogen (secondary N) is 5. The third kappa shape index (κ3) is 9.38. The van der Waals surface area contributed by atoms with E-state index in [4.69, 9.17) is 4.74 Å². The van der Waals surface area contributed by atoms with Crippen molar-refractivity contribution in [2.24, 2.45) is 0 Å². The van der Waals surface area contributed by atoms with E-state index < -0.39 is 41.4 Å². The summed E-state index contributed by atoms with van der Waals surface area (Å²) >= 11 is 0. The molecule has 1 fully saturated rings. The molecule has 1 saturated carbocycles. The predicted octanol–water partition coefficient (Wildman–Crippen LogP) is 1.13. The Morgan fingerprint density at radius 3 is 2.36 bits per heavy atom. The number of hydrogen-bond acceptors (Lipinski definition) is 7. The number of benzene rings is 2. The van der Waals surface area contributed by atoms with Crippen molar-refractivity contribution in [2.45, 2.75) is 69.1 Å². The average molecular weight is 641 g/mol. The van der Waals surface area contributed by atoms with Gasteiger partial charge in [0, 0.05) is 31.7 Å². The van der Waals surface area contributed by atoms with Crippen LogP contribution in [0.2, 0.25) is 0 Å². The van der Waals surface area contributed by atoms with Crippen LogP contribution >= 0.6 is 0 Å². The minimum absolute atomic E-state index is 0.145. The molecule has 1 spiro atoms. The van der Waals surface area contributed by atoms with Gasteiger partial charge in [0.25, 0.3) is 0 Å². The van der Waals surface area contributed by atoms with E-state index in [1.807, 2.05) is 36.4 Å². The molecular weight excluding hydrogens is 600 g/mol. The smallest absolute Gasteiger partial charge is 0.245 e. The first-order valence-corrected chi connectivity index (χ1v) is 15.9. The highest BCUT2D eigenvalue weighted by molar-refractivity contribution is 5.98. The largest absolute Gasteiger partial charge is 0.492 e. The molecule has 2 aromatic carbocycles. The first-order chi connectivity index (χ1) is 22.7. The van der Waals surface area contributed by atoms with Gasteiger partial charge in [0.05, 0.1) is 6.54 Å². The molecule has 1 aliphatic carbocycles. The van der Waals surface area contributed by atoms with E-state index in [-0.39, 0.29) is 44.2 Å². The third-order valence-corrected chi connectivity index (χ3v) is 8.25. The second kappa shape index (κ2) is 15.4. The van der Waals surface area contributed by atoms with Gasteiger partial charge in [-0.1, -0.05) is 48.5 Å². The molecule has 0 saturated heterocycles. The summed E-state index contributed by atoms with van der Waals surface area (Å²) < 4.78 is 5.79. The van der Waals surface area contributed by atoms with Crippen LogP contribution in [0.1, 0.15) is 42.9 Å². The Morgan fingerprint density at radius 1 is 0.915 bits per heavy atom. The highest BCUT2D eigenvalue weighted by Gasteiger charge is 2.51. The maximum absolute atomic E-state index is 13.6. The molecule has 0 radical (unpaired) electrons. The van der Waals surface area contributed by atoms with Gasteiger partial charge >= 0.3 is 0 Å². The van der Waals surface area contributed by atoms with Gasteiger partial charge in [-0.05, 0) is 61.1 Å². The number of nitrogens with zero attached hydrogens (tertiary/aromatic N) is 1. The topological polar surface area (TPSA) is 168 Å². The molecule has 12 nitrogen and oxygen atoms in total. The number of rotatable bonds is 6. The van der Waals surface area contributed by atoms with E-state index in [9.17, 15) is 24.0 Å². The van der Waals surface area contributed by atoms with Gasteiger partial charge < -0.3 is 31.3 Å². The fourth-order valence-electron chi connectivity index (χ4n) is 5.33. The second-order valence-corrected chi connectivity index (χ2v) is 12.0. The summed E-state index contributed by atoms with van der Waals surface area (Å²) in [6.07, 6.45) is 5.23. The van der Waals surface area contributed by atoms with Crippen molar-refractivity contribution in [2.75, 3.05) is 13.2 Å². The highest BCUT2D eigenvalue weighted by atomic mass is 16.5. The zero-order chi connectivity index (χ0) is 33.2. The zero-order valence-electron chi connectivity index (χ0n) is 26.3. The Balaban J connectivity index is 1.34. The molecule has 3 aromatic rings. The predicted molar refractivity (Wildman–Crippen MR) is 173 cm³/mol. The monoisotopic (exact) mass is 640 g/mol. The van der Waals surface area contributed by atoms with Crippen LogP contribution < -0.4 is 31.3 Å². The van der Waals surface area contributed by atoms with E-state index in [1.54, 1.807) is 42.7 Å². The third-order valence-electron chi connectivity index (χ3n) is 8.25. The lowest BCUT2D eigenvalue weighted by Gasteiger charge is -2.25. The number of aryl methyl sites for hydroxylation is 1. The number of amides is 5. The number of carbonyl (C=O) groups is 5. The summed E-state index contributed by atoms with van der Waals surface area (Å²) in [6, 6.07) is 16.9. The van der Waals surface area contributed by atoms with Crippen LogP contribution in [-0.4, -0.2) is 71.3 Å². The molecule has 246 valence electrons. The Bertz CT molecular complexity index is 1560. The summed E-state index contributed by atoms with van der Waals surface area (Å²) in [5.41, 5.74) is 1.41. The standard InChI is InChI=1S/C35H40N6O6/c1-23-31(43)40-29(20-24-6-3-2-4-7-24)33(45)41-35(15-16-35)34(46)37-18-19-47-27-12-9-25(10-13-27)21-28(32(44)38-23)39-30(42)14-11-26-8-5-17-36-22-26/h2-10,12-13,17,22-23,28-29H,11,14-16,18-21H2,1H3,(H,37,46)(H,38,44)(H,39,42)(H,40,43)(H,41,45)/t23-,28-,29+/m0/s1. The summed E-state index contributed by atoms with van der Waals surface area (Å²) in [7, 11) is 0. The van der Waals surface area contributed by atoms with E-state index in [0.717, 1.165) is 16.7 Å². The van der Waals surface area contributed by atoms with E-state index in [1.165, 1.54) is 6.92 Å². The lowest BCUT2D eigenvalue weighted by molar-refractivity contribution is -0.134. The fraction of sp³-hybridized carbons (Fsp3) is 0.371. The molecule has 6 rings (SSSR count). The quantitative estimate of drug-likeness (QED) is 0.252. The number of ether oxygens (including phenoxy) is 1. The summed E-state index contributed by atoms with van der Waals surface area (Å²) in [5, 5.41) is 14.0. The highest BCUT2D eigenvalue weighted by Crippen LogP contribution is 2.35. The van der Waals surface area contributed by atoms with Gasteiger partial charge in [-0.2, -0.15) is 0 Å². The minimum Gasteiger partial charge on any atom is -0.492 e. The van der Waals surface area contributed by atoms with Crippen LogP contribution in [0.25, 0.3) is 0 Å². The molecule has 47 heavy (non-hydrogen) atoms. The molecule has 1 aromatic heterocycles. The van der Waals surface area contributed by atoms with Gasteiger partial charge in [-0.15, -0.1) is 0 Å². The lowest BCUT2D eigenvalue weighted by atomic mass is 10.0. The van der Waals surface area contributed by atoms with Gasteiger partial charge in [-0.25, -0.2) is 0 Å². The number of pyridine rings is 1. The first kappa shape index (κ1) is 33.1. The lowest BCUT2D eigenvalue weighted by Crippen LogP contribution is -2.59. The molecule has 2 bridgehead atoms. The van der Waals surface area contributed by atoms with Crippen molar-refractivity contribution in [3.8, 4) is 5.75 Å². The maximum Gasteiger partial charge on any atom is 0.245 e. The average Bonchev–Trinajstić information content (AvgIpc) is 3.86. The fourth-order valence-corrected chi connectivity index (χ4v) is 5.33. The van der Waals surface area contributed by atoms with E-state index >= 15 is 0 Å². The van der Waals surface area contributed by atoms with Crippen molar-refractivity contribution in [1.29, 1.82) is 0 Å². The van der Waals surface area contributed by atoms with Crippen molar-refractivity contribution in [1.82, 2.24) is 31.6 Å². The minimum atomic E-state index is -1.05. The number of carbonyl (C=O) groups excluding carboxylic acids is 5. The molecule has 2 aliphatic heterocycles. The molecular formula is C35H40N6O6. The van der Waals surface area contributed by atoms with Crippen molar-refractivity contribution in [3.63, 3.8) is 0 Å². The van der Waals surface area contributed by atoms with Crippen LogP contribution in [0.15, 0.2) is 79.1 Å². The van der Waals surface area contributed by atoms with Crippen LogP contribution in [0.3, 0.4) is 0 Å². The summed E-state index contributed by atoms with van der Waals surface area (Å²) in [6.45, 7) is 1.95. The first-order valence-electron chi connectivity index (χ1n) is 15.9. The van der Waals surface area contributed by atoms with Crippen molar-refractivity contribution >= 4 is 29.5 Å². The molecule has 3 heterocycles. The Kier molecular flexibility index (Phi) is 10.8. The SMILES string of the molecule is C[C@@H]1NC(=O)[C@@H](NC(=O)CCc2cccnc2)Cc2ccc(cc2)OCCNC(=O)C2(CC2)NC(=O)[C@@H](Cc2ccccc2)NC1=O. The van der Waals surface area contributed by atoms with E-state index in [0.29, 0.717) is 25.0 Å². The van der Waals surface area contributed by atoms with Crippen molar-refractivity contribution < 1.29 is 28.7 Å². The summed E-state index contributed by atoms with van der Waals surface area (Å²) in [4.78, 5) is 70.6. The Labute approximate surface area is 273 Å².